The Balaban J connectivity index is 1.69. The van der Waals surface area contributed by atoms with Gasteiger partial charge in [0, 0.05) is 29.6 Å². The topological polar surface area (TPSA) is 56.4 Å². The zero-order valence-electron chi connectivity index (χ0n) is 16.8. The molecule has 5 rings (SSSR count). The van der Waals surface area contributed by atoms with E-state index < -0.39 is 6.04 Å². The monoisotopic (exact) mass is 387 g/mol. The highest BCUT2D eigenvalue weighted by Gasteiger charge is 2.52. The van der Waals surface area contributed by atoms with Gasteiger partial charge in [-0.05, 0) is 36.6 Å². The fourth-order valence-corrected chi connectivity index (χ4v) is 4.79. The number of hydrogen-bond donors (Lipinski definition) is 1. The van der Waals surface area contributed by atoms with Crippen molar-refractivity contribution in [3.8, 4) is 0 Å². The Labute approximate surface area is 170 Å². The van der Waals surface area contributed by atoms with Crippen molar-refractivity contribution in [1.29, 1.82) is 0 Å². The highest BCUT2D eigenvalue weighted by atomic mass is 16.2. The number of fused-ring (bicyclic) bond motifs is 4. The molecule has 5 heteroatoms. The predicted molar refractivity (Wildman–Crippen MR) is 113 cm³/mol. The number of hydrogen-bond acceptors (Lipinski definition) is 2. The first-order valence-corrected chi connectivity index (χ1v) is 10.4. The van der Waals surface area contributed by atoms with Crippen molar-refractivity contribution in [3.63, 3.8) is 0 Å². The molecule has 5 nitrogen and oxygen atoms in total. The number of nitrogens with zero attached hydrogens (tertiary/aromatic N) is 2. The maximum Gasteiger partial charge on any atom is 0.328 e. The number of carbonyl (C=O) groups excluding carboxylic acids is 2. The second-order valence-corrected chi connectivity index (χ2v) is 8.13. The summed E-state index contributed by atoms with van der Waals surface area (Å²) in [5, 5.41) is 1.16. The molecule has 0 spiro atoms. The molecule has 2 atom stereocenters. The minimum absolute atomic E-state index is 0.0583. The lowest BCUT2D eigenvalue weighted by Gasteiger charge is -2.36. The average molecular weight is 387 g/mol. The fraction of sp³-hybridized carbons (Fsp3) is 0.333. The van der Waals surface area contributed by atoms with Crippen molar-refractivity contribution >= 4 is 22.8 Å². The van der Waals surface area contributed by atoms with E-state index in [4.69, 9.17) is 0 Å². The van der Waals surface area contributed by atoms with Crippen LogP contribution in [-0.4, -0.2) is 39.3 Å². The molecule has 0 bridgehead atoms. The SMILES string of the molecule is CCCCN1C(=O)[C@H]2Cc3c([nH]c4ccc(C)cc34)[C@H](c3ccccc3)N2C1=O. The van der Waals surface area contributed by atoms with Crippen LogP contribution in [0.1, 0.15) is 48.2 Å². The number of rotatable bonds is 4. The number of urea groups is 1. The van der Waals surface area contributed by atoms with Gasteiger partial charge in [0.25, 0.3) is 5.91 Å². The lowest BCUT2D eigenvalue weighted by Crippen LogP contribution is -2.44. The Hall–Kier alpha value is -3.08. The van der Waals surface area contributed by atoms with E-state index in [2.05, 4.69) is 37.0 Å². The first-order chi connectivity index (χ1) is 14.1. The van der Waals surface area contributed by atoms with Crippen molar-refractivity contribution in [3.05, 3.63) is 70.9 Å². The second kappa shape index (κ2) is 6.76. The van der Waals surface area contributed by atoms with Gasteiger partial charge in [-0.2, -0.15) is 0 Å². The van der Waals surface area contributed by atoms with Crippen LogP contribution in [0.25, 0.3) is 10.9 Å². The zero-order chi connectivity index (χ0) is 20.1. The van der Waals surface area contributed by atoms with Gasteiger partial charge in [0.2, 0.25) is 0 Å². The van der Waals surface area contributed by atoms with Crippen LogP contribution in [0, 0.1) is 6.92 Å². The summed E-state index contributed by atoms with van der Waals surface area (Å²) in [6, 6.07) is 15.5. The van der Waals surface area contributed by atoms with Crippen molar-refractivity contribution in [2.75, 3.05) is 6.54 Å². The number of carbonyl (C=O) groups is 2. The van der Waals surface area contributed by atoms with E-state index in [9.17, 15) is 9.59 Å². The van der Waals surface area contributed by atoms with Crippen LogP contribution in [0.3, 0.4) is 0 Å². The Morgan fingerprint density at radius 2 is 1.90 bits per heavy atom. The van der Waals surface area contributed by atoms with Crippen LogP contribution < -0.4 is 0 Å². The van der Waals surface area contributed by atoms with Crippen LogP contribution in [0.15, 0.2) is 48.5 Å². The van der Waals surface area contributed by atoms with Crippen LogP contribution in [0.5, 0.6) is 0 Å². The van der Waals surface area contributed by atoms with Crippen LogP contribution >= 0.6 is 0 Å². The number of nitrogens with one attached hydrogen (secondary N) is 1. The Bertz CT molecular complexity index is 1100. The molecule has 1 fully saturated rings. The molecule has 2 aliphatic rings. The van der Waals surface area contributed by atoms with Gasteiger partial charge in [-0.1, -0.05) is 55.3 Å². The summed E-state index contributed by atoms with van der Waals surface area (Å²) in [7, 11) is 0. The lowest BCUT2D eigenvalue weighted by molar-refractivity contribution is -0.128. The minimum Gasteiger partial charge on any atom is -0.356 e. The second-order valence-electron chi connectivity index (χ2n) is 8.13. The number of unbranched alkanes of at least 4 members (excludes halogenated alkanes) is 1. The molecule has 0 unspecified atom stereocenters. The third kappa shape index (κ3) is 2.68. The maximum atomic E-state index is 13.3. The summed E-state index contributed by atoms with van der Waals surface area (Å²) in [5.41, 5.74) is 5.48. The van der Waals surface area contributed by atoms with Gasteiger partial charge in [0.15, 0.2) is 0 Å². The normalized spacial score (nSPS) is 21.0. The molecule has 1 saturated heterocycles. The molecule has 0 radical (unpaired) electrons. The molecule has 0 saturated carbocycles. The Kier molecular flexibility index (Phi) is 4.19. The van der Waals surface area contributed by atoms with Crippen molar-refractivity contribution in [2.45, 2.75) is 45.2 Å². The van der Waals surface area contributed by atoms with E-state index >= 15 is 0 Å². The Morgan fingerprint density at radius 3 is 2.66 bits per heavy atom. The molecule has 2 aromatic carbocycles. The third-order valence-corrected chi connectivity index (χ3v) is 6.23. The number of aromatic amines is 1. The van der Waals surface area contributed by atoms with Crippen LogP contribution in [0.4, 0.5) is 4.79 Å². The van der Waals surface area contributed by atoms with E-state index in [0.717, 1.165) is 40.6 Å². The highest BCUT2D eigenvalue weighted by molar-refractivity contribution is 6.05. The van der Waals surface area contributed by atoms with Crippen molar-refractivity contribution < 1.29 is 9.59 Å². The number of H-pyrrole nitrogens is 1. The van der Waals surface area contributed by atoms with E-state index in [1.54, 1.807) is 4.90 Å². The lowest BCUT2D eigenvalue weighted by atomic mass is 9.88. The van der Waals surface area contributed by atoms with Crippen LogP contribution in [-0.2, 0) is 11.2 Å². The van der Waals surface area contributed by atoms with E-state index in [1.807, 2.05) is 30.3 Å². The number of imide groups is 1. The van der Waals surface area contributed by atoms with Gasteiger partial charge in [-0.15, -0.1) is 0 Å². The fourth-order valence-electron chi connectivity index (χ4n) is 4.79. The number of aryl methyl sites for hydroxylation is 1. The number of aromatic nitrogens is 1. The highest BCUT2D eigenvalue weighted by Crippen LogP contribution is 2.44. The average Bonchev–Trinajstić information content (AvgIpc) is 3.21. The van der Waals surface area contributed by atoms with Crippen molar-refractivity contribution in [1.82, 2.24) is 14.8 Å². The number of amides is 3. The molecule has 3 heterocycles. The quantitative estimate of drug-likeness (QED) is 0.668. The van der Waals surface area contributed by atoms with Crippen LogP contribution in [0.2, 0.25) is 0 Å². The molecule has 1 N–H and O–H groups in total. The molecular formula is C24H25N3O2. The van der Waals surface area contributed by atoms with Gasteiger partial charge < -0.3 is 4.98 Å². The molecular weight excluding hydrogens is 362 g/mol. The van der Waals surface area contributed by atoms with Gasteiger partial charge in [-0.3, -0.25) is 14.6 Å². The Morgan fingerprint density at radius 1 is 1.10 bits per heavy atom. The zero-order valence-corrected chi connectivity index (χ0v) is 16.8. The molecule has 29 heavy (non-hydrogen) atoms. The molecule has 0 aliphatic carbocycles. The molecule has 3 aromatic rings. The van der Waals surface area contributed by atoms with Gasteiger partial charge >= 0.3 is 6.03 Å². The van der Waals surface area contributed by atoms with E-state index in [0.29, 0.717) is 13.0 Å². The number of benzene rings is 2. The van der Waals surface area contributed by atoms with Gasteiger partial charge in [-0.25, -0.2) is 4.79 Å². The molecule has 2 aliphatic heterocycles. The predicted octanol–water partition coefficient (Wildman–Crippen LogP) is 4.55. The largest absolute Gasteiger partial charge is 0.356 e. The summed E-state index contributed by atoms with van der Waals surface area (Å²) in [6.07, 6.45) is 2.35. The summed E-state index contributed by atoms with van der Waals surface area (Å²) in [4.78, 5) is 33.4. The summed E-state index contributed by atoms with van der Waals surface area (Å²) >= 11 is 0. The smallest absolute Gasteiger partial charge is 0.328 e. The summed E-state index contributed by atoms with van der Waals surface area (Å²) < 4.78 is 0. The third-order valence-electron chi connectivity index (χ3n) is 6.23. The molecule has 3 amide bonds. The van der Waals surface area contributed by atoms with E-state index in [1.165, 1.54) is 10.5 Å². The van der Waals surface area contributed by atoms with Crippen molar-refractivity contribution in [2.24, 2.45) is 0 Å². The molecule has 1 aromatic heterocycles. The maximum absolute atomic E-state index is 13.3. The first-order valence-electron chi connectivity index (χ1n) is 10.4. The summed E-state index contributed by atoms with van der Waals surface area (Å²) in [6.45, 7) is 4.65. The van der Waals surface area contributed by atoms with Gasteiger partial charge in [0.1, 0.15) is 12.1 Å². The van der Waals surface area contributed by atoms with Gasteiger partial charge in [0.05, 0.1) is 0 Å². The molecule has 148 valence electrons. The summed E-state index contributed by atoms with van der Waals surface area (Å²) in [5.74, 6) is -0.0583. The standard InChI is InChI=1S/C24H25N3O2/c1-3-4-12-26-23(28)20-14-18-17-13-15(2)10-11-19(17)25-21(18)22(27(20)24(26)29)16-8-6-5-7-9-16/h5-11,13,20,22,25H,3-4,12,14H2,1-2H3/t20-,22+/m1/s1. The minimum atomic E-state index is -0.434. The first kappa shape index (κ1) is 18.0. The van der Waals surface area contributed by atoms with E-state index in [-0.39, 0.29) is 18.0 Å².